The summed E-state index contributed by atoms with van der Waals surface area (Å²) in [6, 6.07) is 84.6. The Labute approximate surface area is 368 Å². The minimum Gasteiger partial charge on any atom is -0.309 e. The zero-order valence-corrected chi connectivity index (χ0v) is 35.1. The van der Waals surface area contributed by atoms with Gasteiger partial charge in [0, 0.05) is 43.3 Å². The average molecular weight is 819 g/mol. The number of thiophene rings is 1. The van der Waals surface area contributed by atoms with Crippen LogP contribution < -0.4 is 4.90 Å². The first-order valence-corrected chi connectivity index (χ1v) is 22.4. The van der Waals surface area contributed by atoms with Gasteiger partial charge in [-0.2, -0.15) is 0 Å². The molecule has 11 aromatic carbocycles. The maximum absolute atomic E-state index is 2.43. The highest BCUT2D eigenvalue weighted by molar-refractivity contribution is 7.26. The molecule has 0 N–H and O–H groups in total. The number of nitrogens with zero attached hydrogens (tertiary/aromatic N) is 2. The molecule has 0 aliphatic heterocycles. The maximum Gasteiger partial charge on any atom is 0.0640 e. The Kier molecular flexibility index (Phi) is 8.12. The van der Waals surface area contributed by atoms with E-state index in [0.717, 1.165) is 11.4 Å². The Hall–Kier alpha value is -7.98. The van der Waals surface area contributed by atoms with Gasteiger partial charge in [0.25, 0.3) is 0 Å². The number of fused-ring (bicyclic) bond motifs is 12. The van der Waals surface area contributed by atoms with Crippen LogP contribution in [0.3, 0.4) is 0 Å². The second-order valence-corrected chi connectivity index (χ2v) is 17.5. The molecule has 0 saturated heterocycles. The van der Waals surface area contributed by atoms with Crippen molar-refractivity contribution in [1.82, 2.24) is 4.57 Å². The number of para-hydroxylation sites is 2. The minimum absolute atomic E-state index is 1.11. The second kappa shape index (κ2) is 14.3. The first-order chi connectivity index (χ1) is 31.2. The van der Waals surface area contributed by atoms with Crippen LogP contribution in [0.1, 0.15) is 0 Å². The van der Waals surface area contributed by atoms with E-state index in [1.165, 1.54) is 108 Å². The highest BCUT2D eigenvalue weighted by Gasteiger charge is 2.20. The third-order valence-corrected chi connectivity index (χ3v) is 14.2. The molecule has 13 rings (SSSR count). The molecule has 13 aromatic rings. The van der Waals surface area contributed by atoms with Gasteiger partial charge in [-0.25, -0.2) is 0 Å². The highest BCUT2D eigenvalue weighted by atomic mass is 32.1. The summed E-state index contributed by atoms with van der Waals surface area (Å²) >= 11 is 1.87. The lowest BCUT2D eigenvalue weighted by atomic mass is 9.92. The molecular weight excluding hydrogens is 781 g/mol. The van der Waals surface area contributed by atoms with Gasteiger partial charge in [-0.15, -0.1) is 11.3 Å². The second-order valence-electron chi connectivity index (χ2n) is 16.5. The van der Waals surface area contributed by atoms with Gasteiger partial charge in [0.1, 0.15) is 0 Å². The Morgan fingerprint density at radius 3 is 1.44 bits per heavy atom. The van der Waals surface area contributed by atoms with Crippen LogP contribution in [0.25, 0.3) is 102 Å². The molecule has 0 fully saturated rings. The predicted octanol–water partition coefficient (Wildman–Crippen LogP) is 17.4. The van der Waals surface area contributed by atoms with E-state index in [1.54, 1.807) is 0 Å². The molecule has 0 amide bonds. The van der Waals surface area contributed by atoms with Crippen LogP contribution in [0, 0.1) is 0 Å². The summed E-state index contributed by atoms with van der Waals surface area (Å²) in [5.41, 5.74) is 11.8. The number of benzene rings is 11. The number of aromatic nitrogens is 1. The van der Waals surface area contributed by atoms with Crippen molar-refractivity contribution in [3.05, 3.63) is 231 Å². The van der Waals surface area contributed by atoms with Crippen LogP contribution in [-0.4, -0.2) is 4.57 Å². The zero-order chi connectivity index (χ0) is 41.4. The Morgan fingerprint density at radius 2 is 0.778 bits per heavy atom. The number of hydrogen-bond acceptors (Lipinski definition) is 2. The van der Waals surface area contributed by atoms with Crippen molar-refractivity contribution in [1.29, 1.82) is 0 Å². The SMILES string of the molecule is c1ccc(-n2c3ccccc3c3cc(-c4ccc(N(c5ccc(-c6ccc7c8ccccc8c8ccccc8c7c6)cc5)c5cccc6c5sc5ccccc56)cc4)ccc32)cc1. The van der Waals surface area contributed by atoms with Gasteiger partial charge in [-0.05, 0) is 127 Å². The van der Waals surface area contributed by atoms with Crippen LogP contribution in [-0.2, 0) is 0 Å². The molecule has 294 valence electrons. The molecular formula is C60H38N2S. The fourth-order valence-electron chi connectivity index (χ4n) is 10.0. The van der Waals surface area contributed by atoms with E-state index >= 15 is 0 Å². The molecule has 0 bridgehead atoms. The van der Waals surface area contributed by atoms with Crippen LogP contribution in [0.5, 0.6) is 0 Å². The summed E-state index contributed by atoms with van der Waals surface area (Å²) in [7, 11) is 0. The third-order valence-electron chi connectivity index (χ3n) is 13.0. The van der Waals surface area contributed by atoms with Crippen molar-refractivity contribution >= 4 is 103 Å². The topological polar surface area (TPSA) is 8.17 Å². The summed E-state index contributed by atoms with van der Waals surface area (Å²) in [4.78, 5) is 2.43. The van der Waals surface area contributed by atoms with Gasteiger partial charge in [-0.3, -0.25) is 0 Å². The van der Waals surface area contributed by atoms with Gasteiger partial charge in [0.2, 0.25) is 0 Å². The molecule has 0 atom stereocenters. The molecule has 63 heavy (non-hydrogen) atoms. The lowest BCUT2D eigenvalue weighted by Crippen LogP contribution is -2.10. The van der Waals surface area contributed by atoms with Crippen molar-refractivity contribution in [3.8, 4) is 27.9 Å². The van der Waals surface area contributed by atoms with E-state index in [4.69, 9.17) is 0 Å². The van der Waals surface area contributed by atoms with Gasteiger partial charge in [-0.1, -0.05) is 158 Å². The quantitative estimate of drug-likeness (QED) is 0.152. The highest BCUT2D eigenvalue weighted by Crippen LogP contribution is 2.46. The molecule has 0 aliphatic rings. The first-order valence-electron chi connectivity index (χ1n) is 21.6. The zero-order valence-electron chi connectivity index (χ0n) is 34.2. The molecule has 2 nitrogen and oxygen atoms in total. The molecule has 0 radical (unpaired) electrons. The molecule has 0 aliphatic carbocycles. The minimum atomic E-state index is 1.11. The fourth-order valence-corrected chi connectivity index (χ4v) is 11.2. The van der Waals surface area contributed by atoms with E-state index in [1.807, 2.05) is 11.3 Å². The Bertz CT molecular complexity index is 3860. The molecule has 3 heteroatoms. The smallest absolute Gasteiger partial charge is 0.0640 e. The van der Waals surface area contributed by atoms with Crippen molar-refractivity contribution in [2.24, 2.45) is 0 Å². The summed E-state index contributed by atoms with van der Waals surface area (Å²) in [6.45, 7) is 0. The molecule has 0 saturated carbocycles. The van der Waals surface area contributed by atoms with E-state index in [2.05, 4.69) is 240 Å². The Balaban J connectivity index is 0.924. The summed E-state index contributed by atoms with van der Waals surface area (Å²) < 4.78 is 4.95. The van der Waals surface area contributed by atoms with Crippen LogP contribution in [0.2, 0.25) is 0 Å². The lowest BCUT2D eigenvalue weighted by molar-refractivity contribution is 1.18. The van der Waals surface area contributed by atoms with Crippen LogP contribution >= 0.6 is 11.3 Å². The summed E-state index contributed by atoms with van der Waals surface area (Å²) in [5, 5.41) is 12.8. The fraction of sp³-hybridized carbons (Fsp3) is 0. The lowest BCUT2D eigenvalue weighted by Gasteiger charge is -2.26. The van der Waals surface area contributed by atoms with E-state index in [0.29, 0.717) is 0 Å². The van der Waals surface area contributed by atoms with Gasteiger partial charge < -0.3 is 9.47 Å². The van der Waals surface area contributed by atoms with Gasteiger partial charge in [0.05, 0.1) is 21.4 Å². The number of anilines is 3. The molecule has 2 aromatic heterocycles. The van der Waals surface area contributed by atoms with E-state index in [9.17, 15) is 0 Å². The number of hydrogen-bond donors (Lipinski definition) is 0. The molecule has 2 heterocycles. The van der Waals surface area contributed by atoms with Crippen molar-refractivity contribution in [2.45, 2.75) is 0 Å². The Morgan fingerprint density at radius 1 is 0.302 bits per heavy atom. The monoisotopic (exact) mass is 818 g/mol. The van der Waals surface area contributed by atoms with E-state index in [-0.39, 0.29) is 0 Å². The summed E-state index contributed by atoms with van der Waals surface area (Å²) in [6.07, 6.45) is 0. The normalized spacial score (nSPS) is 11.8. The van der Waals surface area contributed by atoms with E-state index < -0.39 is 0 Å². The van der Waals surface area contributed by atoms with Gasteiger partial charge in [0.15, 0.2) is 0 Å². The van der Waals surface area contributed by atoms with Crippen molar-refractivity contribution in [3.63, 3.8) is 0 Å². The average Bonchev–Trinajstić information content (AvgIpc) is 3.91. The predicted molar refractivity (Wildman–Crippen MR) is 272 cm³/mol. The summed E-state index contributed by atoms with van der Waals surface area (Å²) in [5.74, 6) is 0. The molecule has 0 spiro atoms. The largest absolute Gasteiger partial charge is 0.309 e. The van der Waals surface area contributed by atoms with Crippen molar-refractivity contribution in [2.75, 3.05) is 4.90 Å². The van der Waals surface area contributed by atoms with Gasteiger partial charge >= 0.3 is 0 Å². The first kappa shape index (κ1) is 35.7. The van der Waals surface area contributed by atoms with Crippen LogP contribution in [0.15, 0.2) is 231 Å². The van der Waals surface area contributed by atoms with Crippen molar-refractivity contribution < 1.29 is 0 Å². The molecule has 0 unspecified atom stereocenters. The third kappa shape index (κ3) is 5.71. The number of rotatable bonds is 6. The van der Waals surface area contributed by atoms with Crippen LogP contribution in [0.4, 0.5) is 17.1 Å². The standard InChI is InChI=1S/C60H38N2S/c1-2-13-43(14-3-1)62-56-22-10-8-19-51(56)55-38-42(30-36-57(55)62)40-27-33-45(34-28-40)61(58-23-12-21-53-52-20-9-11-24-59(52)63-60(53)58)44-31-25-39(26-32-44)41-29-35-50-48-17-5-4-15-46(48)47-16-6-7-18-49(47)54(50)37-41/h1-38H. The maximum atomic E-state index is 2.43.